The van der Waals surface area contributed by atoms with Crippen molar-refractivity contribution in [1.29, 1.82) is 0 Å². The van der Waals surface area contributed by atoms with E-state index in [0.717, 1.165) is 16.0 Å². The minimum Gasteiger partial charge on any atom is -0.479 e. The van der Waals surface area contributed by atoms with Gasteiger partial charge in [0.05, 0.1) is 0 Å². The summed E-state index contributed by atoms with van der Waals surface area (Å²) in [5.41, 5.74) is 0.542. The van der Waals surface area contributed by atoms with Gasteiger partial charge in [0.25, 0.3) is 0 Å². The molecule has 0 amide bonds. The van der Waals surface area contributed by atoms with Gasteiger partial charge in [-0.2, -0.15) is 0 Å². The van der Waals surface area contributed by atoms with Gasteiger partial charge in [0.1, 0.15) is 0 Å². The number of thioether (sulfide) groups is 1. The average molecular weight is 240 g/mol. The standard InChI is InChI=1S/C12H16O3S/c1-8-4-5-9(2)10(6-8)16-7-12(3,15)11(13)14/h4-6,15H,7H2,1-3H3,(H,13,14). The molecule has 1 aromatic carbocycles. The normalized spacial score (nSPS) is 14.5. The summed E-state index contributed by atoms with van der Waals surface area (Å²) < 4.78 is 0. The van der Waals surface area contributed by atoms with Crippen molar-refractivity contribution in [3.05, 3.63) is 29.3 Å². The SMILES string of the molecule is Cc1ccc(C)c(SCC(C)(O)C(=O)O)c1. The second-order valence-corrected chi connectivity index (χ2v) is 5.15. The molecule has 0 heterocycles. The predicted molar refractivity (Wildman–Crippen MR) is 64.9 cm³/mol. The minimum atomic E-state index is -1.68. The van der Waals surface area contributed by atoms with Crippen LogP contribution in [0.15, 0.2) is 23.1 Å². The van der Waals surface area contributed by atoms with Crippen LogP contribution in [0.2, 0.25) is 0 Å². The lowest BCUT2D eigenvalue weighted by atomic mass is 10.1. The Bertz CT molecular complexity index is 399. The number of carbonyl (C=O) groups is 1. The Labute approximate surface area is 99.5 Å². The third-order valence-corrected chi connectivity index (χ3v) is 3.77. The number of carboxylic acid groups (broad SMARTS) is 1. The quantitative estimate of drug-likeness (QED) is 0.792. The molecule has 0 spiro atoms. The highest BCUT2D eigenvalue weighted by Crippen LogP contribution is 2.26. The molecule has 16 heavy (non-hydrogen) atoms. The lowest BCUT2D eigenvalue weighted by molar-refractivity contribution is -0.154. The van der Waals surface area contributed by atoms with E-state index >= 15 is 0 Å². The number of benzene rings is 1. The molecular formula is C12H16O3S. The molecule has 1 aromatic rings. The van der Waals surface area contributed by atoms with Gasteiger partial charge in [-0.25, -0.2) is 4.79 Å². The van der Waals surface area contributed by atoms with Crippen molar-refractivity contribution in [2.24, 2.45) is 0 Å². The monoisotopic (exact) mass is 240 g/mol. The minimum absolute atomic E-state index is 0.145. The van der Waals surface area contributed by atoms with E-state index in [-0.39, 0.29) is 5.75 Å². The van der Waals surface area contributed by atoms with Crippen molar-refractivity contribution in [3.8, 4) is 0 Å². The lowest BCUT2D eigenvalue weighted by Crippen LogP contribution is -2.37. The molecule has 0 bridgehead atoms. The van der Waals surface area contributed by atoms with Crippen molar-refractivity contribution >= 4 is 17.7 Å². The molecule has 0 aliphatic rings. The summed E-state index contributed by atoms with van der Waals surface area (Å²) in [5.74, 6) is -1.04. The van der Waals surface area contributed by atoms with E-state index in [0.29, 0.717) is 0 Å². The molecule has 3 nitrogen and oxygen atoms in total. The summed E-state index contributed by atoms with van der Waals surface area (Å²) in [6.07, 6.45) is 0. The Morgan fingerprint density at radius 2 is 2.06 bits per heavy atom. The summed E-state index contributed by atoms with van der Waals surface area (Å²) in [6, 6.07) is 6.00. The topological polar surface area (TPSA) is 57.5 Å². The molecule has 0 fully saturated rings. The van der Waals surface area contributed by atoms with Crippen LogP contribution < -0.4 is 0 Å². The number of hydrogen-bond acceptors (Lipinski definition) is 3. The molecule has 2 N–H and O–H groups in total. The van der Waals surface area contributed by atoms with Gasteiger partial charge in [-0.3, -0.25) is 0 Å². The van der Waals surface area contributed by atoms with E-state index in [1.54, 1.807) is 0 Å². The maximum absolute atomic E-state index is 10.7. The second-order valence-electron chi connectivity index (χ2n) is 4.14. The Morgan fingerprint density at radius 3 is 2.62 bits per heavy atom. The molecular weight excluding hydrogens is 224 g/mol. The molecule has 0 saturated heterocycles. The van der Waals surface area contributed by atoms with E-state index in [9.17, 15) is 9.90 Å². The fourth-order valence-corrected chi connectivity index (χ4v) is 2.27. The van der Waals surface area contributed by atoms with Crippen molar-refractivity contribution in [3.63, 3.8) is 0 Å². The van der Waals surface area contributed by atoms with E-state index in [2.05, 4.69) is 0 Å². The zero-order valence-corrected chi connectivity index (χ0v) is 10.5. The molecule has 0 aliphatic heterocycles. The van der Waals surface area contributed by atoms with E-state index < -0.39 is 11.6 Å². The first-order valence-corrected chi connectivity index (χ1v) is 5.97. The van der Waals surface area contributed by atoms with Gasteiger partial charge in [0.2, 0.25) is 0 Å². The Hall–Kier alpha value is -1.00. The van der Waals surface area contributed by atoms with Gasteiger partial charge in [-0.05, 0) is 32.4 Å². The van der Waals surface area contributed by atoms with Crippen molar-refractivity contribution in [1.82, 2.24) is 0 Å². The van der Waals surface area contributed by atoms with Crippen LogP contribution >= 0.6 is 11.8 Å². The van der Waals surface area contributed by atoms with Crippen LogP contribution in [0.3, 0.4) is 0 Å². The Balaban J connectivity index is 2.75. The number of aryl methyl sites for hydroxylation is 2. The number of hydrogen-bond donors (Lipinski definition) is 2. The maximum Gasteiger partial charge on any atom is 0.336 e. The molecule has 0 radical (unpaired) electrons. The largest absolute Gasteiger partial charge is 0.479 e. The fraction of sp³-hybridized carbons (Fsp3) is 0.417. The summed E-state index contributed by atoms with van der Waals surface area (Å²) >= 11 is 1.37. The number of rotatable bonds is 4. The van der Waals surface area contributed by atoms with Gasteiger partial charge >= 0.3 is 5.97 Å². The van der Waals surface area contributed by atoms with Gasteiger partial charge in [-0.15, -0.1) is 11.8 Å². The van der Waals surface area contributed by atoms with E-state index in [4.69, 9.17) is 5.11 Å². The van der Waals surface area contributed by atoms with Crippen LogP contribution in [0.4, 0.5) is 0 Å². The highest BCUT2D eigenvalue weighted by atomic mass is 32.2. The third-order valence-electron chi connectivity index (χ3n) is 2.31. The van der Waals surface area contributed by atoms with Crippen molar-refractivity contribution in [2.45, 2.75) is 31.3 Å². The van der Waals surface area contributed by atoms with Gasteiger partial charge in [0, 0.05) is 10.6 Å². The summed E-state index contributed by atoms with van der Waals surface area (Å²) in [4.78, 5) is 11.7. The van der Waals surface area contributed by atoms with Gasteiger partial charge in [-0.1, -0.05) is 17.7 Å². The van der Waals surface area contributed by atoms with Crippen LogP contribution in [0.1, 0.15) is 18.1 Å². The molecule has 0 saturated carbocycles. The van der Waals surface area contributed by atoms with Crippen LogP contribution in [0.5, 0.6) is 0 Å². The number of aliphatic carboxylic acids is 1. The first-order chi connectivity index (χ1) is 7.33. The smallest absolute Gasteiger partial charge is 0.336 e. The average Bonchev–Trinajstić information content (AvgIpc) is 2.19. The summed E-state index contributed by atoms with van der Waals surface area (Å²) in [6.45, 7) is 5.27. The highest BCUT2D eigenvalue weighted by molar-refractivity contribution is 7.99. The maximum atomic E-state index is 10.7. The summed E-state index contributed by atoms with van der Waals surface area (Å²) in [7, 11) is 0. The van der Waals surface area contributed by atoms with Crippen LogP contribution in [0, 0.1) is 13.8 Å². The molecule has 0 aromatic heterocycles. The zero-order chi connectivity index (χ0) is 12.3. The first kappa shape index (κ1) is 13.1. The van der Waals surface area contributed by atoms with E-state index in [1.165, 1.54) is 18.7 Å². The molecule has 4 heteroatoms. The number of carboxylic acids is 1. The molecule has 1 unspecified atom stereocenters. The first-order valence-electron chi connectivity index (χ1n) is 4.99. The molecule has 88 valence electrons. The van der Waals surface area contributed by atoms with Crippen LogP contribution in [-0.2, 0) is 4.79 Å². The van der Waals surface area contributed by atoms with Gasteiger partial charge in [0.15, 0.2) is 5.60 Å². The van der Waals surface area contributed by atoms with Crippen LogP contribution in [0.25, 0.3) is 0 Å². The van der Waals surface area contributed by atoms with Crippen LogP contribution in [-0.4, -0.2) is 27.5 Å². The highest BCUT2D eigenvalue weighted by Gasteiger charge is 2.29. The Kier molecular flexibility index (Phi) is 3.99. The molecule has 1 atom stereocenters. The van der Waals surface area contributed by atoms with Crippen molar-refractivity contribution < 1.29 is 15.0 Å². The molecule has 0 aliphatic carbocycles. The fourth-order valence-electron chi connectivity index (χ4n) is 1.14. The second kappa shape index (κ2) is 4.89. The predicted octanol–water partition coefficient (Wildman–Crippen LogP) is 2.23. The lowest BCUT2D eigenvalue weighted by Gasteiger charge is -2.17. The van der Waals surface area contributed by atoms with Gasteiger partial charge < -0.3 is 10.2 Å². The third kappa shape index (κ3) is 3.25. The summed E-state index contributed by atoms with van der Waals surface area (Å²) in [5, 5.41) is 18.4. The molecule has 1 rings (SSSR count). The zero-order valence-electron chi connectivity index (χ0n) is 9.65. The van der Waals surface area contributed by atoms with Crippen molar-refractivity contribution in [2.75, 3.05) is 5.75 Å². The number of aliphatic hydroxyl groups is 1. The van der Waals surface area contributed by atoms with E-state index in [1.807, 2.05) is 32.0 Å². The Morgan fingerprint density at radius 1 is 1.44 bits per heavy atom.